The molecule has 0 spiro atoms. The molecule has 6 heteroatoms. The van der Waals surface area contributed by atoms with E-state index in [0.29, 0.717) is 34.1 Å². The largest absolute Gasteiger partial charge is 0.366 e. The molecule has 2 heterocycles. The number of H-pyrrole nitrogens is 1. The number of carbonyl (C=O) groups is 1. The van der Waals surface area contributed by atoms with Gasteiger partial charge in [0.05, 0.1) is 11.1 Å². The van der Waals surface area contributed by atoms with Crippen molar-refractivity contribution in [3.8, 4) is 11.1 Å². The molecule has 0 unspecified atom stereocenters. The van der Waals surface area contributed by atoms with Gasteiger partial charge in [-0.25, -0.2) is 8.78 Å². The standard InChI is InChI=1S/C26H25F2N3O/c1-4-5-19(18-10-11-30-13-14(18)2)23-21(28)12-20(26(29)32)25-24(23)22(15(3)31-25)16-6-8-17(27)9-7-16/h4-9,12,30-31H,1,10-11,13H2,2-3H3,(H2,29,32)/b19-5+. The van der Waals surface area contributed by atoms with E-state index in [9.17, 15) is 9.18 Å². The maximum absolute atomic E-state index is 15.8. The summed E-state index contributed by atoms with van der Waals surface area (Å²) in [5.74, 6) is -1.63. The van der Waals surface area contributed by atoms with Crippen molar-refractivity contribution in [2.75, 3.05) is 13.1 Å². The van der Waals surface area contributed by atoms with Gasteiger partial charge in [-0.1, -0.05) is 36.4 Å². The van der Waals surface area contributed by atoms with E-state index in [4.69, 9.17) is 5.73 Å². The summed E-state index contributed by atoms with van der Waals surface area (Å²) in [6, 6.07) is 7.21. The molecular weight excluding hydrogens is 408 g/mol. The fourth-order valence-electron chi connectivity index (χ4n) is 4.53. The molecule has 4 nitrogen and oxygen atoms in total. The molecular formula is C26H25F2N3O. The van der Waals surface area contributed by atoms with Crippen molar-refractivity contribution in [3.63, 3.8) is 0 Å². The second-order valence-corrected chi connectivity index (χ2v) is 8.03. The molecule has 1 aromatic heterocycles. The number of benzene rings is 2. The van der Waals surface area contributed by atoms with E-state index < -0.39 is 11.7 Å². The average molecular weight is 434 g/mol. The summed E-state index contributed by atoms with van der Waals surface area (Å²) in [6.07, 6.45) is 4.18. The van der Waals surface area contributed by atoms with Crippen LogP contribution in [-0.2, 0) is 0 Å². The average Bonchev–Trinajstić information content (AvgIpc) is 3.09. The van der Waals surface area contributed by atoms with E-state index in [1.54, 1.807) is 18.2 Å². The number of hydrogen-bond donors (Lipinski definition) is 3. The Bertz CT molecular complexity index is 1300. The van der Waals surface area contributed by atoms with Crippen LogP contribution in [0.1, 0.15) is 35.0 Å². The third-order valence-corrected chi connectivity index (χ3v) is 5.95. The zero-order chi connectivity index (χ0) is 23.0. The lowest BCUT2D eigenvalue weighted by molar-refractivity contribution is 0.100. The van der Waals surface area contributed by atoms with Crippen LogP contribution in [0.4, 0.5) is 8.78 Å². The van der Waals surface area contributed by atoms with Crippen LogP contribution in [0.15, 0.2) is 60.2 Å². The topological polar surface area (TPSA) is 70.9 Å². The minimum atomic E-state index is -0.723. The lowest BCUT2D eigenvalue weighted by Crippen LogP contribution is -2.24. The highest BCUT2D eigenvalue weighted by Gasteiger charge is 2.26. The predicted molar refractivity (Wildman–Crippen MR) is 125 cm³/mol. The van der Waals surface area contributed by atoms with Crippen molar-refractivity contribution in [2.45, 2.75) is 20.3 Å². The van der Waals surface area contributed by atoms with Gasteiger partial charge in [-0.3, -0.25) is 4.79 Å². The van der Waals surface area contributed by atoms with Crippen LogP contribution in [0.25, 0.3) is 27.6 Å². The number of fused-ring (bicyclic) bond motifs is 1. The lowest BCUT2D eigenvalue weighted by Gasteiger charge is -2.23. The van der Waals surface area contributed by atoms with Crippen molar-refractivity contribution in [1.29, 1.82) is 0 Å². The fourth-order valence-corrected chi connectivity index (χ4v) is 4.53. The van der Waals surface area contributed by atoms with Gasteiger partial charge in [0.2, 0.25) is 0 Å². The zero-order valence-electron chi connectivity index (χ0n) is 18.1. The predicted octanol–water partition coefficient (Wildman–Crippen LogP) is 5.40. The summed E-state index contributed by atoms with van der Waals surface area (Å²) in [5.41, 5.74) is 11.5. The third kappa shape index (κ3) is 3.67. The van der Waals surface area contributed by atoms with Crippen molar-refractivity contribution in [3.05, 3.63) is 88.7 Å². The van der Waals surface area contributed by atoms with E-state index in [1.807, 2.05) is 19.9 Å². The van der Waals surface area contributed by atoms with E-state index in [-0.39, 0.29) is 11.4 Å². The van der Waals surface area contributed by atoms with Gasteiger partial charge in [-0.05, 0) is 61.7 Å². The van der Waals surface area contributed by atoms with Gasteiger partial charge >= 0.3 is 0 Å². The number of allylic oxidation sites excluding steroid dienone is 3. The highest BCUT2D eigenvalue weighted by molar-refractivity contribution is 6.14. The number of hydrogen-bond acceptors (Lipinski definition) is 2. The van der Waals surface area contributed by atoms with Gasteiger partial charge in [0.15, 0.2) is 0 Å². The van der Waals surface area contributed by atoms with Crippen LogP contribution < -0.4 is 11.1 Å². The number of aromatic nitrogens is 1. The minimum absolute atomic E-state index is 0.0756. The molecule has 0 fully saturated rings. The van der Waals surface area contributed by atoms with Crippen LogP contribution in [0, 0.1) is 18.6 Å². The first-order valence-corrected chi connectivity index (χ1v) is 10.5. The number of aromatic amines is 1. The first kappa shape index (κ1) is 21.7. The molecule has 1 aliphatic heterocycles. The Hall–Kier alpha value is -3.51. The van der Waals surface area contributed by atoms with Gasteiger partial charge in [0.1, 0.15) is 11.6 Å². The first-order valence-electron chi connectivity index (χ1n) is 10.5. The van der Waals surface area contributed by atoms with Crippen molar-refractivity contribution >= 4 is 22.4 Å². The van der Waals surface area contributed by atoms with Crippen LogP contribution in [0.3, 0.4) is 0 Å². The smallest absolute Gasteiger partial charge is 0.250 e. The Balaban J connectivity index is 2.15. The summed E-state index contributed by atoms with van der Waals surface area (Å²) in [6.45, 7) is 9.20. The molecule has 0 saturated heterocycles. The first-order chi connectivity index (χ1) is 15.3. The minimum Gasteiger partial charge on any atom is -0.366 e. The summed E-state index contributed by atoms with van der Waals surface area (Å²) in [4.78, 5) is 15.4. The highest BCUT2D eigenvalue weighted by atomic mass is 19.1. The second-order valence-electron chi connectivity index (χ2n) is 8.03. The van der Waals surface area contributed by atoms with E-state index in [2.05, 4.69) is 16.9 Å². The quantitative estimate of drug-likeness (QED) is 0.472. The molecule has 2 aromatic carbocycles. The zero-order valence-corrected chi connectivity index (χ0v) is 18.1. The number of amides is 1. The molecule has 1 amide bonds. The molecule has 32 heavy (non-hydrogen) atoms. The fraction of sp³-hybridized carbons (Fsp3) is 0.192. The number of halogens is 2. The molecule has 4 rings (SSSR count). The van der Waals surface area contributed by atoms with E-state index >= 15 is 4.39 Å². The van der Waals surface area contributed by atoms with Gasteiger partial charge in [0, 0.05) is 28.8 Å². The third-order valence-electron chi connectivity index (χ3n) is 5.95. The molecule has 3 aromatic rings. The number of nitrogens with one attached hydrogen (secondary N) is 2. The van der Waals surface area contributed by atoms with Gasteiger partial charge in [0.25, 0.3) is 5.91 Å². The van der Waals surface area contributed by atoms with Crippen molar-refractivity contribution in [1.82, 2.24) is 10.3 Å². The van der Waals surface area contributed by atoms with Crippen LogP contribution in [0.2, 0.25) is 0 Å². The summed E-state index contributed by atoms with van der Waals surface area (Å²) < 4.78 is 29.4. The monoisotopic (exact) mass is 433 g/mol. The molecule has 0 aliphatic carbocycles. The summed E-state index contributed by atoms with van der Waals surface area (Å²) in [7, 11) is 0. The number of nitrogens with two attached hydrogens (primary N) is 1. The maximum Gasteiger partial charge on any atom is 0.250 e. The number of aryl methyl sites for hydroxylation is 1. The second kappa shape index (κ2) is 8.55. The summed E-state index contributed by atoms with van der Waals surface area (Å²) in [5, 5.41) is 3.88. The normalized spacial score (nSPS) is 14.8. The van der Waals surface area contributed by atoms with E-state index in [0.717, 1.165) is 35.4 Å². The van der Waals surface area contributed by atoms with E-state index in [1.165, 1.54) is 18.2 Å². The maximum atomic E-state index is 15.8. The SMILES string of the molecule is C=C/C=C(\C1=C(C)CNCC1)c1c(F)cc(C(N)=O)c2[nH]c(C)c(-c3ccc(F)cc3)c12. The number of rotatable bonds is 5. The Morgan fingerprint density at radius 2 is 1.91 bits per heavy atom. The lowest BCUT2D eigenvalue weighted by atomic mass is 9.85. The van der Waals surface area contributed by atoms with Crippen LogP contribution in [-0.4, -0.2) is 24.0 Å². The summed E-state index contributed by atoms with van der Waals surface area (Å²) >= 11 is 0. The molecule has 0 saturated carbocycles. The molecule has 164 valence electrons. The Labute approximate surface area is 185 Å². The Morgan fingerprint density at radius 3 is 2.53 bits per heavy atom. The number of carbonyl (C=O) groups excluding carboxylic acids is 1. The van der Waals surface area contributed by atoms with Crippen LogP contribution >= 0.6 is 0 Å². The number of primary amides is 1. The van der Waals surface area contributed by atoms with Gasteiger partial charge in [-0.2, -0.15) is 0 Å². The molecule has 0 bridgehead atoms. The van der Waals surface area contributed by atoms with Crippen molar-refractivity contribution in [2.24, 2.45) is 5.73 Å². The molecule has 0 atom stereocenters. The molecule has 4 N–H and O–H groups in total. The van der Waals surface area contributed by atoms with Crippen LogP contribution in [0.5, 0.6) is 0 Å². The van der Waals surface area contributed by atoms with Gasteiger partial charge < -0.3 is 16.0 Å². The Morgan fingerprint density at radius 1 is 1.19 bits per heavy atom. The van der Waals surface area contributed by atoms with Gasteiger partial charge in [-0.15, -0.1) is 0 Å². The van der Waals surface area contributed by atoms with Crippen molar-refractivity contribution < 1.29 is 13.6 Å². The highest BCUT2D eigenvalue weighted by Crippen LogP contribution is 2.43. The Kier molecular flexibility index (Phi) is 5.80. The molecule has 0 radical (unpaired) electrons. The molecule has 1 aliphatic rings.